The monoisotopic (exact) mass is 263 g/mol. The van der Waals surface area contributed by atoms with Crippen LogP contribution in [0.3, 0.4) is 0 Å². The lowest BCUT2D eigenvalue weighted by atomic mass is 10.3. The standard InChI is InChI=1S/C9H17N3O2S2/c1-3-8(9-11-4-5-15-9)12-16(13,14)7(2)6-10/h4-5,7-8,12H,3,6,10H2,1-2H3. The molecule has 3 N–H and O–H groups in total. The predicted octanol–water partition coefficient (Wildman–Crippen LogP) is 0.861. The Kier molecular flexibility index (Phi) is 4.85. The highest BCUT2D eigenvalue weighted by Gasteiger charge is 2.24. The summed E-state index contributed by atoms with van der Waals surface area (Å²) in [6.45, 7) is 3.63. The van der Waals surface area contributed by atoms with Gasteiger partial charge in [-0.3, -0.25) is 0 Å². The molecule has 5 nitrogen and oxygen atoms in total. The lowest BCUT2D eigenvalue weighted by molar-refractivity contribution is 0.538. The third-order valence-electron chi connectivity index (χ3n) is 2.33. The van der Waals surface area contributed by atoms with E-state index in [9.17, 15) is 8.42 Å². The van der Waals surface area contributed by atoms with Crippen molar-refractivity contribution in [3.63, 3.8) is 0 Å². The lowest BCUT2D eigenvalue weighted by Crippen LogP contribution is -2.38. The number of thiazole rings is 1. The fourth-order valence-corrected chi connectivity index (χ4v) is 3.16. The van der Waals surface area contributed by atoms with Crippen LogP contribution < -0.4 is 10.5 Å². The molecule has 0 fully saturated rings. The Bertz CT molecular complexity index is 402. The minimum absolute atomic E-state index is 0.115. The van der Waals surface area contributed by atoms with Gasteiger partial charge < -0.3 is 5.73 Å². The van der Waals surface area contributed by atoms with Gasteiger partial charge >= 0.3 is 0 Å². The largest absolute Gasteiger partial charge is 0.329 e. The molecule has 2 atom stereocenters. The van der Waals surface area contributed by atoms with Crippen molar-refractivity contribution in [1.82, 2.24) is 9.71 Å². The minimum atomic E-state index is -3.36. The summed E-state index contributed by atoms with van der Waals surface area (Å²) in [6.07, 6.45) is 2.34. The van der Waals surface area contributed by atoms with Gasteiger partial charge in [-0.05, 0) is 13.3 Å². The second-order valence-corrected chi connectivity index (χ2v) is 6.60. The van der Waals surface area contributed by atoms with Crippen molar-refractivity contribution in [3.05, 3.63) is 16.6 Å². The summed E-state index contributed by atoms with van der Waals surface area (Å²) in [5.74, 6) is 0. The van der Waals surface area contributed by atoms with Crippen molar-refractivity contribution in [1.29, 1.82) is 0 Å². The van der Waals surface area contributed by atoms with Crippen LogP contribution in [0.2, 0.25) is 0 Å². The van der Waals surface area contributed by atoms with Crippen LogP contribution in [0.4, 0.5) is 0 Å². The molecule has 0 aliphatic rings. The minimum Gasteiger partial charge on any atom is -0.329 e. The summed E-state index contributed by atoms with van der Waals surface area (Å²) in [7, 11) is -3.36. The van der Waals surface area contributed by atoms with E-state index in [4.69, 9.17) is 5.73 Å². The summed E-state index contributed by atoms with van der Waals surface area (Å²) in [5, 5.41) is 2.04. The molecule has 0 aromatic carbocycles. The Morgan fingerprint density at radius 3 is 2.75 bits per heavy atom. The van der Waals surface area contributed by atoms with Gasteiger partial charge in [0, 0.05) is 18.1 Å². The normalized spacial score (nSPS) is 15.9. The van der Waals surface area contributed by atoms with E-state index < -0.39 is 15.3 Å². The number of aromatic nitrogens is 1. The molecule has 1 aromatic heterocycles. The SMILES string of the molecule is CCC(NS(=O)(=O)C(C)CN)c1nccs1. The maximum absolute atomic E-state index is 11.8. The Labute approximate surface area is 100 Å². The molecule has 0 spiro atoms. The number of rotatable bonds is 6. The molecule has 0 bridgehead atoms. The second-order valence-electron chi connectivity index (χ2n) is 3.54. The summed E-state index contributed by atoms with van der Waals surface area (Å²) < 4.78 is 26.3. The second kappa shape index (κ2) is 5.72. The molecule has 7 heteroatoms. The zero-order valence-corrected chi connectivity index (χ0v) is 11.0. The zero-order chi connectivity index (χ0) is 12.2. The molecule has 92 valence electrons. The van der Waals surface area contributed by atoms with Crippen molar-refractivity contribution >= 4 is 21.4 Å². The highest BCUT2D eigenvalue weighted by Crippen LogP contribution is 2.20. The molecule has 0 radical (unpaired) electrons. The van der Waals surface area contributed by atoms with Gasteiger partial charge in [0.25, 0.3) is 0 Å². The van der Waals surface area contributed by atoms with Gasteiger partial charge in [0.2, 0.25) is 10.0 Å². The summed E-state index contributed by atoms with van der Waals surface area (Å²) in [5.41, 5.74) is 5.36. The van der Waals surface area contributed by atoms with Crippen LogP contribution in [0.15, 0.2) is 11.6 Å². The van der Waals surface area contributed by atoms with Gasteiger partial charge in [-0.15, -0.1) is 11.3 Å². The van der Waals surface area contributed by atoms with Crippen LogP contribution in [0, 0.1) is 0 Å². The Morgan fingerprint density at radius 2 is 2.31 bits per heavy atom. The molecular formula is C9H17N3O2S2. The van der Waals surface area contributed by atoms with E-state index in [0.717, 1.165) is 5.01 Å². The van der Waals surface area contributed by atoms with Crippen molar-refractivity contribution in [2.45, 2.75) is 31.6 Å². The Balaban J connectivity index is 2.79. The summed E-state index contributed by atoms with van der Waals surface area (Å²) >= 11 is 1.45. The number of nitrogens with zero attached hydrogens (tertiary/aromatic N) is 1. The van der Waals surface area contributed by atoms with E-state index in [1.807, 2.05) is 12.3 Å². The number of sulfonamides is 1. The van der Waals surface area contributed by atoms with E-state index >= 15 is 0 Å². The van der Waals surface area contributed by atoms with Gasteiger partial charge in [-0.2, -0.15) is 0 Å². The smallest absolute Gasteiger partial charge is 0.216 e. The first kappa shape index (κ1) is 13.6. The molecule has 0 aliphatic heterocycles. The van der Waals surface area contributed by atoms with Gasteiger partial charge in [0.1, 0.15) is 5.01 Å². The Morgan fingerprint density at radius 1 is 1.62 bits per heavy atom. The third kappa shape index (κ3) is 3.24. The molecule has 16 heavy (non-hydrogen) atoms. The highest BCUT2D eigenvalue weighted by atomic mass is 32.2. The number of hydrogen-bond donors (Lipinski definition) is 2. The molecule has 1 rings (SSSR count). The molecule has 0 saturated carbocycles. The van der Waals surface area contributed by atoms with Crippen molar-refractivity contribution in [3.8, 4) is 0 Å². The fraction of sp³-hybridized carbons (Fsp3) is 0.667. The van der Waals surface area contributed by atoms with Gasteiger partial charge in [-0.1, -0.05) is 6.92 Å². The van der Waals surface area contributed by atoms with Crippen molar-refractivity contribution in [2.24, 2.45) is 5.73 Å². The molecule has 0 saturated heterocycles. The first-order valence-electron chi connectivity index (χ1n) is 5.11. The lowest BCUT2D eigenvalue weighted by Gasteiger charge is -2.17. The third-order valence-corrected chi connectivity index (χ3v) is 5.08. The first-order valence-corrected chi connectivity index (χ1v) is 7.54. The number of nitrogens with one attached hydrogen (secondary N) is 1. The first-order chi connectivity index (χ1) is 7.51. The van der Waals surface area contributed by atoms with E-state index in [-0.39, 0.29) is 12.6 Å². The van der Waals surface area contributed by atoms with Crippen LogP contribution in [0.1, 0.15) is 31.3 Å². The molecular weight excluding hydrogens is 246 g/mol. The van der Waals surface area contributed by atoms with Crippen LogP contribution in [0.5, 0.6) is 0 Å². The number of hydrogen-bond acceptors (Lipinski definition) is 5. The van der Waals surface area contributed by atoms with Gasteiger partial charge in [0.05, 0.1) is 11.3 Å². The maximum Gasteiger partial charge on any atom is 0.216 e. The molecule has 2 unspecified atom stereocenters. The zero-order valence-electron chi connectivity index (χ0n) is 9.38. The molecule has 1 heterocycles. The van der Waals surface area contributed by atoms with E-state index in [2.05, 4.69) is 9.71 Å². The van der Waals surface area contributed by atoms with Crippen LogP contribution in [-0.2, 0) is 10.0 Å². The molecule has 0 amide bonds. The summed E-state index contributed by atoms with van der Waals surface area (Å²) in [4.78, 5) is 4.12. The van der Waals surface area contributed by atoms with Crippen molar-refractivity contribution < 1.29 is 8.42 Å². The van der Waals surface area contributed by atoms with E-state index in [0.29, 0.717) is 6.42 Å². The van der Waals surface area contributed by atoms with E-state index in [1.54, 1.807) is 13.1 Å². The van der Waals surface area contributed by atoms with Crippen LogP contribution >= 0.6 is 11.3 Å². The fourth-order valence-electron chi connectivity index (χ4n) is 1.16. The maximum atomic E-state index is 11.8. The van der Waals surface area contributed by atoms with Crippen molar-refractivity contribution in [2.75, 3.05) is 6.54 Å². The highest BCUT2D eigenvalue weighted by molar-refractivity contribution is 7.90. The topological polar surface area (TPSA) is 85.1 Å². The summed E-state index contributed by atoms with van der Waals surface area (Å²) in [6, 6.07) is -0.251. The van der Waals surface area contributed by atoms with Gasteiger partial charge in [0.15, 0.2) is 0 Å². The Hall–Kier alpha value is -0.500. The molecule has 0 aliphatic carbocycles. The van der Waals surface area contributed by atoms with E-state index in [1.165, 1.54) is 11.3 Å². The average molecular weight is 263 g/mol. The quantitative estimate of drug-likeness (QED) is 0.797. The van der Waals surface area contributed by atoms with Crippen LogP contribution in [-0.4, -0.2) is 25.2 Å². The number of nitrogens with two attached hydrogens (primary N) is 1. The average Bonchev–Trinajstić information content (AvgIpc) is 2.78. The van der Waals surface area contributed by atoms with Crippen LogP contribution in [0.25, 0.3) is 0 Å². The molecule has 1 aromatic rings. The van der Waals surface area contributed by atoms with Gasteiger partial charge in [-0.25, -0.2) is 18.1 Å². The predicted molar refractivity (Wildman–Crippen MR) is 65.7 cm³/mol.